The van der Waals surface area contributed by atoms with E-state index in [1.54, 1.807) is 18.3 Å². The molecular formula is C23H23N3O3. The molecule has 0 spiro atoms. The number of rotatable bonds is 4. The number of fused-ring (bicyclic) bond motifs is 1. The van der Waals surface area contributed by atoms with Gasteiger partial charge in [-0.25, -0.2) is 4.98 Å². The van der Waals surface area contributed by atoms with E-state index in [1.165, 1.54) is 0 Å². The summed E-state index contributed by atoms with van der Waals surface area (Å²) in [5.74, 6) is -0.559. The average Bonchev–Trinajstić information content (AvgIpc) is 2.75. The molecule has 0 saturated carbocycles. The van der Waals surface area contributed by atoms with E-state index in [2.05, 4.69) is 15.6 Å². The van der Waals surface area contributed by atoms with Crippen molar-refractivity contribution in [2.45, 2.75) is 25.8 Å². The van der Waals surface area contributed by atoms with Crippen LogP contribution in [0.2, 0.25) is 0 Å². The van der Waals surface area contributed by atoms with Gasteiger partial charge >= 0.3 is 0 Å². The van der Waals surface area contributed by atoms with Crippen molar-refractivity contribution in [3.8, 4) is 0 Å². The summed E-state index contributed by atoms with van der Waals surface area (Å²) in [4.78, 5) is 30.0. The molecule has 1 aliphatic heterocycles. The van der Waals surface area contributed by atoms with Crippen molar-refractivity contribution in [2.75, 3.05) is 18.5 Å². The molecule has 2 aromatic carbocycles. The molecule has 0 atom stereocenters. The van der Waals surface area contributed by atoms with Crippen LogP contribution >= 0.6 is 0 Å². The van der Waals surface area contributed by atoms with Gasteiger partial charge in [0.15, 0.2) is 5.69 Å². The molecule has 0 aliphatic carbocycles. The minimum Gasteiger partial charge on any atom is -0.381 e. The summed E-state index contributed by atoms with van der Waals surface area (Å²) < 4.78 is 5.33. The zero-order chi connectivity index (χ0) is 20.2. The van der Waals surface area contributed by atoms with E-state index in [1.807, 2.05) is 43.3 Å². The first-order valence-corrected chi connectivity index (χ1v) is 9.77. The number of hydrogen-bond acceptors (Lipinski definition) is 4. The van der Waals surface area contributed by atoms with E-state index in [-0.39, 0.29) is 23.6 Å². The molecule has 29 heavy (non-hydrogen) atoms. The van der Waals surface area contributed by atoms with Crippen LogP contribution in [0.1, 0.15) is 39.3 Å². The SMILES string of the molecule is Cc1ccc(C(=O)Nc2cccnc2C(=O)NC2CCOCC2)c2ccccc12. The Kier molecular flexibility index (Phi) is 5.53. The van der Waals surface area contributed by atoms with E-state index in [0.29, 0.717) is 24.5 Å². The van der Waals surface area contributed by atoms with Crippen LogP contribution in [-0.4, -0.2) is 36.1 Å². The number of carbonyl (C=O) groups excluding carboxylic acids is 2. The Morgan fingerprint density at radius 1 is 0.966 bits per heavy atom. The molecule has 1 fully saturated rings. The Bertz CT molecular complexity index is 1060. The molecular weight excluding hydrogens is 366 g/mol. The largest absolute Gasteiger partial charge is 0.381 e. The predicted octanol–water partition coefficient (Wildman–Crippen LogP) is 3.70. The van der Waals surface area contributed by atoms with Gasteiger partial charge in [-0.1, -0.05) is 30.3 Å². The van der Waals surface area contributed by atoms with Crippen molar-refractivity contribution in [1.29, 1.82) is 0 Å². The molecule has 2 heterocycles. The highest BCUT2D eigenvalue weighted by Gasteiger charge is 2.21. The van der Waals surface area contributed by atoms with Gasteiger partial charge in [0.2, 0.25) is 0 Å². The van der Waals surface area contributed by atoms with Crippen molar-refractivity contribution in [1.82, 2.24) is 10.3 Å². The number of carbonyl (C=O) groups is 2. The number of anilines is 1. The highest BCUT2D eigenvalue weighted by molar-refractivity contribution is 6.15. The fourth-order valence-electron chi connectivity index (χ4n) is 3.62. The molecule has 1 aromatic heterocycles. The zero-order valence-corrected chi connectivity index (χ0v) is 16.3. The van der Waals surface area contributed by atoms with Gasteiger partial charge in [-0.2, -0.15) is 0 Å². The second-order valence-electron chi connectivity index (χ2n) is 7.19. The van der Waals surface area contributed by atoms with E-state index in [0.717, 1.165) is 29.2 Å². The van der Waals surface area contributed by atoms with Crippen molar-refractivity contribution in [3.63, 3.8) is 0 Å². The van der Waals surface area contributed by atoms with Gasteiger partial charge in [-0.05, 0) is 54.3 Å². The van der Waals surface area contributed by atoms with Gasteiger partial charge in [0.05, 0.1) is 5.69 Å². The van der Waals surface area contributed by atoms with E-state index in [4.69, 9.17) is 4.74 Å². The maximum atomic E-state index is 13.0. The van der Waals surface area contributed by atoms with Crippen LogP contribution < -0.4 is 10.6 Å². The third-order valence-electron chi connectivity index (χ3n) is 5.21. The number of benzene rings is 2. The van der Waals surface area contributed by atoms with Gasteiger partial charge in [0, 0.05) is 31.0 Å². The Morgan fingerprint density at radius 2 is 1.72 bits per heavy atom. The Hall–Kier alpha value is -3.25. The molecule has 3 aromatic rings. The average molecular weight is 389 g/mol. The molecule has 2 amide bonds. The van der Waals surface area contributed by atoms with Crippen LogP contribution in [0.15, 0.2) is 54.7 Å². The first kappa shape index (κ1) is 19.1. The highest BCUT2D eigenvalue weighted by Crippen LogP contribution is 2.24. The van der Waals surface area contributed by atoms with E-state index < -0.39 is 0 Å². The number of pyridine rings is 1. The monoisotopic (exact) mass is 389 g/mol. The quantitative estimate of drug-likeness (QED) is 0.713. The Morgan fingerprint density at radius 3 is 2.52 bits per heavy atom. The molecule has 0 bridgehead atoms. The number of nitrogens with zero attached hydrogens (tertiary/aromatic N) is 1. The number of nitrogens with one attached hydrogen (secondary N) is 2. The van der Waals surface area contributed by atoms with Gasteiger partial charge in [-0.15, -0.1) is 0 Å². The van der Waals surface area contributed by atoms with Crippen LogP contribution in [0.5, 0.6) is 0 Å². The lowest BCUT2D eigenvalue weighted by Gasteiger charge is -2.23. The standard InChI is InChI=1S/C23H23N3O3/c1-15-8-9-19(18-6-3-2-5-17(15)18)22(27)26-20-7-4-12-24-21(20)23(28)25-16-10-13-29-14-11-16/h2-9,12,16H,10-11,13-14H2,1H3,(H,25,28)(H,26,27). The van der Waals surface area contributed by atoms with Crippen LogP contribution in [-0.2, 0) is 4.74 Å². The molecule has 0 unspecified atom stereocenters. The number of hydrogen-bond donors (Lipinski definition) is 2. The lowest BCUT2D eigenvalue weighted by atomic mass is 10.00. The van der Waals surface area contributed by atoms with E-state index >= 15 is 0 Å². The van der Waals surface area contributed by atoms with Crippen LogP contribution in [0.25, 0.3) is 10.8 Å². The van der Waals surface area contributed by atoms with Gasteiger partial charge in [0.1, 0.15) is 0 Å². The van der Waals surface area contributed by atoms with Crippen molar-refractivity contribution in [3.05, 3.63) is 71.5 Å². The first-order chi connectivity index (χ1) is 14.1. The molecule has 1 saturated heterocycles. The van der Waals surface area contributed by atoms with Gasteiger partial charge in [-0.3, -0.25) is 9.59 Å². The Balaban J connectivity index is 1.58. The first-order valence-electron chi connectivity index (χ1n) is 9.77. The molecule has 0 radical (unpaired) electrons. The lowest BCUT2D eigenvalue weighted by Crippen LogP contribution is -2.39. The fraction of sp³-hybridized carbons (Fsp3) is 0.261. The summed E-state index contributed by atoms with van der Waals surface area (Å²) in [6.07, 6.45) is 3.10. The van der Waals surface area contributed by atoms with Gasteiger partial charge < -0.3 is 15.4 Å². The summed E-state index contributed by atoms with van der Waals surface area (Å²) in [7, 11) is 0. The molecule has 4 rings (SSSR count). The lowest BCUT2D eigenvalue weighted by molar-refractivity contribution is 0.0694. The number of amides is 2. The fourth-order valence-corrected chi connectivity index (χ4v) is 3.62. The van der Waals surface area contributed by atoms with Crippen molar-refractivity contribution < 1.29 is 14.3 Å². The molecule has 1 aliphatic rings. The molecule has 6 nitrogen and oxygen atoms in total. The van der Waals surface area contributed by atoms with Crippen LogP contribution in [0.4, 0.5) is 5.69 Å². The molecule has 6 heteroatoms. The number of aromatic nitrogens is 1. The second-order valence-corrected chi connectivity index (χ2v) is 7.19. The molecule has 148 valence electrons. The van der Waals surface area contributed by atoms with E-state index in [9.17, 15) is 9.59 Å². The topological polar surface area (TPSA) is 80.3 Å². The normalized spacial score (nSPS) is 14.5. The summed E-state index contributed by atoms with van der Waals surface area (Å²) in [5.41, 5.74) is 2.27. The van der Waals surface area contributed by atoms with Crippen LogP contribution in [0.3, 0.4) is 0 Å². The minimum atomic E-state index is -0.290. The number of ether oxygens (including phenoxy) is 1. The number of aryl methyl sites for hydroxylation is 1. The Labute approximate surface area is 169 Å². The third-order valence-corrected chi connectivity index (χ3v) is 5.21. The summed E-state index contributed by atoms with van der Waals surface area (Å²) in [6.45, 7) is 3.29. The zero-order valence-electron chi connectivity index (χ0n) is 16.3. The smallest absolute Gasteiger partial charge is 0.272 e. The summed E-state index contributed by atoms with van der Waals surface area (Å²) in [6, 6.07) is 15.0. The highest BCUT2D eigenvalue weighted by atomic mass is 16.5. The van der Waals surface area contributed by atoms with Crippen LogP contribution in [0, 0.1) is 6.92 Å². The van der Waals surface area contributed by atoms with Crippen molar-refractivity contribution >= 4 is 28.3 Å². The van der Waals surface area contributed by atoms with Gasteiger partial charge in [0.25, 0.3) is 11.8 Å². The third kappa shape index (κ3) is 4.12. The predicted molar refractivity (Wildman–Crippen MR) is 112 cm³/mol. The molecule has 2 N–H and O–H groups in total. The minimum absolute atomic E-state index is 0.0582. The maximum absolute atomic E-state index is 13.0. The second kappa shape index (κ2) is 8.41. The summed E-state index contributed by atoms with van der Waals surface area (Å²) in [5, 5.41) is 7.77. The summed E-state index contributed by atoms with van der Waals surface area (Å²) >= 11 is 0. The van der Waals surface area contributed by atoms with Crippen molar-refractivity contribution in [2.24, 2.45) is 0 Å². The maximum Gasteiger partial charge on any atom is 0.272 e.